The molecule has 1 atom stereocenters. The van der Waals surface area contributed by atoms with Crippen LogP contribution in [0.5, 0.6) is 0 Å². The van der Waals surface area contributed by atoms with Crippen LogP contribution in [0.4, 0.5) is 16.2 Å². The van der Waals surface area contributed by atoms with Crippen molar-refractivity contribution in [3.8, 4) is 0 Å². The molecule has 3 N–H and O–H groups in total. The predicted molar refractivity (Wildman–Crippen MR) is 77.1 cm³/mol. The fraction of sp³-hybridized carbons (Fsp3) is 0.429. The van der Waals surface area contributed by atoms with E-state index >= 15 is 0 Å². The third-order valence-electron chi connectivity index (χ3n) is 3.31. The monoisotopic (exact) mass is 277 g/mol. The van der Waals surface area contributed by atoms with Gasteiger partial charge in [-0.15, -0.1) is 0 Å². The number of benzene rings is 1. The molecule has 0 unspecified atom stereocenters. The van der Waals surface area contributed by atoms with Gasteiger partial charge in [0.2, 0.25) is 0 Å². The number of carboxylic acid groups (broad SMARTS) is 1. The van der Waals surface area contributed by atoms with Crippen molar-refractivity contribution in [2.75, 3.05) is 23.3 Å². The molecule has 1 fully saturated rings. The Balaban J connectivity index is 1.90. The molecule has 1 heterocycles. The maximum absolute atomic E-state index is 11.6. The van der Waals surface area contributed by atoms with Gasteiger partial charge in [0.1, 0.15) is 6.04 Å². The second kappa shape index (κ2) is 6.27. The van der Waals surface area contributed by atoms with Crippen molar-refractivity contribution in [3.63, 3.8) is 0 Å². The number of urea groups is 1. The van der Waals surface area contributed by atoms with Crippen molar-refractivity contribution in [1.29, 1.82) is 0 Å². The number of nitrogens with one attached hydrogen (secondary N) is 2. The molecule has 2 rings (SSSR count). The standard InChI is InChI=1S/C14H19N3O3/c1-10(13(18)19)15-14(20)16-11-4-6-12(7-5-11)17-8-2-3-9-17/h4-7,10H,2-3,8-9H2,1H3,(H,18,19)(H2,15,16,20)/t10-/m1/s1. The summed E-state index contributed by atoms with van der Waals surface area (Å²) in [5.41, 5.74) is 1.79. The van der Waals surface area contributed by atoms with E-state index < -0.39 is 18.0 Å². The van der Waals surface area contributed by atoms with Crippen molar-refractivity contribution >= 4 is 23.4 Å². The molecule has 0 aromatic heterocycles. The summed E-state index contributed by atoms with van der Waals surface area (Å²) >= 11 is 0. The summed E-state index contributed by atoms with van der Waals surface area (Å²) in [6, 6.07) is 6.12. The number of carbonyl (C=O) groups is 2. The third kappa shape index (κ3) is 3.63. The molecule has 1 saturated heterocycles. The van der Waals surface area contributed by atoms with E-state index in [9.17, 15) is 9.59 Å². The first-order valence-corrected chi connectivity index (χ1v) is 6.71. The number of anilines is 2. The zero-order valence-corrected chi connectivity index (χ0v) is 11.4. The SMILES string of the molecule is C[C@@H](NC(=O)Nc1ccc(N2CCCC2)cc1)C(=O)O. The highest BCUT2D eigenvalue weighted by molar-refractivity contribution is 5.92. The first-order valence-electron chi connectivity index (χ1n) is 6.71. The maximum Gasteiger partial charge on any atom is 0.325 e. The lowest BCUT2D eigenvalue weighted by Crippen LogP contribution is -2.40. The van der Waals surface area contributed by atoms with Crippen LogP contribution in [0.2, 0.25) is 0 Å². The molecule has 1 aliphatic heterocycles. The molecule has 1 aromatic carbocycles. The van der Waals surface area contributed by atoms with E-state index in [4.69, 9.17) is 5.11 Å². The normalized spacial score (nSPS) is 15.8. The molecule has 1 aromatic rings. The smallest absolute Gasteiger partial charge is 0.325 e. The van der Waals surface area contributed by atoms with Gasteiger partial charge in [0.15, 0.2) is 0 Å². The fourth-order valence-corrected chi connectivity index (χ4v) is 2.16. The zero-order chi connectivity index (χ0) is 14.5. The van der Waals surface area contributed by atoms with Crippen LogP contribution in [0.3, 0.4) is 0 Å². The van der Waals surface area contributed by atoms with Gasteiger partial charge < -0.3 is 20.6 Å². The molecule has 6 heteroatoms. The molecule has 0 saturated carbocycles. The average Bonchev–Trinajstić information content (AvgIpc) is 2.93. The van der Waals surface area contributed by atoms with Gasteiger partial charge in [-0.1, -0.05) is 0 Å². The number of carboxylic acids is 1. The molecule has 108 valence electrons. The number of hydrogen-bond acceptors (Lipinski definition) is 3. The number of nitrogens with zero attached hydrogens (tertiary/aromatic N) is 1. The Morgan fingerprint density at radius 1 is 1.20 bits per heavy atom. The van der Waals surface area contributed by atoms with Gasteiger partial charge >= 0.3 is 12.0 Å². The van der Waals surface area contributed by atoms with Gasteiger partial charge in [-0.25, -0.2) is 4.79 Å². The number of hydrogen-bond donors (Lipinski definition) is 3. The minimum atomic E-state index is -1.07. The molecule has 1 aliphatic rings. The van der Waals surface area contributed by atoms with Gasteiger partial charge in [0, 0.05) is 24.5 Å². The minimum Gasteiger partial charge on any atom is -0.480 e. The van der Waals surface area contributed by atoms with E-state index in [1.54, 1.807) is 0 Å². The Labute approximate surface area is 117 Å². The van der Waals surface area contributed by atoms with E-state index in [0.29, 0.717) is 5.69 Å². The van der Waals surface area contributed by atoms with Crippen LogP contribution in [0.25, 0.3) is 0 Å². The first kappa shape index (κ1) is 14.2. The van der Waals surface area contributed by atoms with Crippen molar-refractivity contribution in [3.05, 3.63) is 24.3 Å². The van der Waals surface area contributed by atoms with Gasteiger partial charge in [-0.3, -0.25) is 4.79 Å². The van der Waals surface area contributed by atoms with Crippen LogP contribution in [-0.2, 0) is 4.79 Å². The fourth-order valence-electron chi connectivity index (χ4n) is 2.16. The summed E-state index contributed by atoms with van der Waals surface area (Å²) in [5, 5.41) is 13.7. The van der Waals surface area contributed by atoms with E-state index in [2.05, 4.69) is 15.5 Å². The molecule has 0 bridgehead atoms. The molecule has 0 spiro atoms. The van der Waals surface area contributed by atoms with Crippen LogP contribution in [-0.4, -0.2) is 36.2 Å². The van der Waals surface area contributed by atoms with E-state index in [-0.39, 0.29) is 0 Å². The Kier molecular flexibility index (Phi) is 4.45. The number of carbonyl (C=O) groups excluding carboxylic acids is 1. The van der Waals surface area contributed by atoms with Gasteiger partial charge in [-0.2, -0.15) is 0 Å². The molecule has 0 radical (unpaired) electrons. The van der Waals surface area contributed by atoms with Crippen molar-refractivity contribution in [2.45, 2.75) is 25.8 Å². The highest BCUT2D eigenvalue weighted by atomic mass is 16.4. The van der Waals surface area contributed by atoms with Crippen LogP contribution in [0, 0.1) is 0 Å². The van der Waals surface area contributed by atoms with E-state index in [1.165, 1.54) is 19.8 Å². The first-order chi connectivity index (χ1) is 9.56. The van der Waals surface area contributed by atoms with Crippen LogP contribution in [0.1, 0.15) is 19.8 Å². The quantitative estimate of drug-likeness (QED) is 0.785. The molecular formula is C14H19N3O3. The van der Waals surface area contributed by atoms with Gasteiger partial charge in [-0.05, 0) is 44.0 Å². The number of amides is 2. The molecule has 2 amide bonds. The van der Waals surface area contributed by atoms with Gasteiger partial charge in [0.05, 0.1) is 0 Å². The largest absolute Gasteiger partial charge is 0.480 e. The Morgan fingerprint density at radius 3 is 2.35 bits per heavy atom. The molecule has 0 aliphatic carbocycles. The predicted octanol–water partition coefficient (Wildman–Crippen LogP) is 1.88. The lowest BCUT2D eigenvalue weighted by molar-refractivity contribution is -0.138. The third-order valence-corrected chi connectivity index (χ3v) is 3.31. The summed E-state index contributed by atoms with van der Waals surface area (Å²) in [6.45, 7) is 3.56. The summed E-state index contributed by atoms with van der Waals surface area (Å²) in [7, 11) is 0. The Hall–Kier alpha value is -2.24. The summed E-state index contributed by atoms with van der Waals surface area (Å²) in [5.74, 6) is -1.07. The van der Waals surface area contributed by atoms with Crippen molar-refractivity contribution in [2.24, 2.45) is 0 Å². The molecule has 20 heavy (non-hydrogen) atoms. The average molecular weight is 277 g/mol. The highest BCUT2D eigenvalue weighted by Gasteiger charge is 2.14. The lowest BCUT2D eigenvalue weighted by atomic mass is 10.2. The summed E-state index contributed by atoms with van der Waals surface area (Å²) in [4.78, 5) is 24.5. The zero-order valence-electron chi connectivity index (χ0n) is 11.4. The Morgan fingerprint density at radius 2 is 1.80 bits per heavy atom. The number of aliphatic carboxylic acids is 1. The second-order valence-corrected chi connectivity index (χ2v) is 4.90. The molecule has 6 nitrogen and oxygen atoms in total. The minimum absolute atomic E-state index is 0.520. The van der Waals surface area contributed by atoms with Crippen molar-refractivity contribution in [1.82, 2.24) is 5.32 Å². The summed E-state index contributed by atoms with van der Waals surface area (Å²) in [6.07, 6.45) is 2.44. The lowest BCUT2D eigenvalue weighted by Gasteiger charge is -2.18. The van der Waals surface area contributed by atoms with Gasteiger partial charge in [0.25, 0.3) is 0 Å². The topological polar surface area (TPSA) is 81.7 Å². The van der Waals surface area contributed by atoms with Crippen molar-refractivity contribution < 1.29 is 14.7 Å². The number of rotatable bonds is 4. The van der Waals surface area contributed by atoms with E-state index in [1.807, 2.05) is 24.3 Å². The Bertz CT molecular complexity index is 481. The van der Waals surface area contributed by atoms with Crippen LogP contribution >= 0.6 is 0 Å². The summed E-state index contributed by atoms with van der Waals surface area (Å²) < 4.78 is 0. The maximum atomic E-state index is 11.6. The second-order valence-electron chi connectivity index (χ2n) is 4.90. The molecular weight excluding hydrogens is 258 g/mol. The van der Waals surface area contributed by atoms with E-state index in [0.717, 1.165) is 18.8 Å². The van der Waals surface area contributed by atoms with Crippen LogP contribution < -0.4 is 15.5 Å². The highest BCUT2D eigenvalue weighted by Crippen LogP contribution is 2.21. The van der Waals surface area contributed by atoms with Crippen LogP contribution in [0.15, 0.2) is 24.3 Å².